The SMILES string of the molecule is O=c1c2cn[nH]c2nc(SCc2ccc(Cl)cc2)n1-c1ccc(Cl)cc1. The predicted octanol–water partition coefficient (Wildman–Crippen LogP) is 4.71. The predicted molar refractivity (Wildman–Crippen MR) is 106 cm³/mol. The number of hydrogen-bond donors (Lipinski definition) is 1. The molecular formula is C18H12Cl2N4OS. The third kappa shape index (κ3) is 3.35. The number of fused-ring (bicyclic) bond motifs is 1. The van der Waals surface area contributed by atoms with E-state index in [0.717, 1.165) is 5.56 Å². The van der Waals surface area contributed by atoms with Crippen molar-refractivity contribution in [3.05, 3.63) is 80.7 Å². The molecule has 0 bridgehead atoms. The maximum atomic E-state index is 13.0. The average molecular weight is 403 g/mol. The van der Waals surface area contributed by atoms with Crippen molar-refractivity contribution in [2.24, 2.45) is 0 Å². The van der Waals surface area contributed by atoms with E-state index < -0.39 is 0 Å². The summed E-state index contributed by atoms with van der Waals surface area (Å²) in [5.41, 5.74) is 2.08. The topological polar surface area (TPSA) is 63.6 Å². The van der Waals surface area contributed by atoms with Gasteiger partial charge < -0.3 is 0 Å². The summed E-state index contributed by atoms with van der Waals surface area (Å²) in [5, 5.41) is 9.01. The van der Waals surface area contributed by atoms with Gasteiger partial charge in [-0.05, 0) is 42.0 Å². The lowest BCUT2D eigenvalue weighted by Gasteiger charge is -2.12. The van der Waals surface area contributed by atoms with Gasteiger partial charge in [-0.1, -0.05) is 47.1 Å². The fraction of sp³-hybridized carbons (Fsp3) is 0.0556. The van der Waals surface area contributed by atoms with E-state index in [9.17, 15) is 4.79 Å². The normalized spacial score (nSPS) is 11.2. The molecule has 0 saturated carbocycles. The highest BCUT2D eigenvalue weighted by Crippen LogP contribution is 2.25. The zero-order chi connectivity index (χ0) is 18.1. The monoisotopic (exact) mass is 402 g/mol. The summed E-state index contributed by atoms with van der Waals surface area (Å²) in [7, 11) is 0. The van der Waals surface area contributed by atoms with Crippen molar-refractivity contribution in [1.29, 1.82) is 0 Å². The van der Waals surface area contributed by atoms with Crippen LogP contribution in [-0.4, -0.2) is 19.7 Å². The van der Waals surface area contributed by atoms with Gasteiger partial charge in [-0.25, -0.2) is 4.98 Å². The van der Waals surface area contributed by atoms with Crippen LogP contribution in [0.15, 0.2) is 64.7 Å². The molecular weight excluding hydrogens is 391 g/mol. The van der Waals surface area contributed by atoms with Gasteiger partial charge in [-0.3, -0.25) is 14.5 Å². The van der Waals surface area contributed by atoms with Crippen LogP contribution in [0.3, 0.4) is 0 Å². The van der Waals surface area contributed by atoms with Gasteiger partial charge in [0.1, 0.15) is 5.39 Å². The molecule has 2 aromatic carbocycles. The van der Waals surface area contributed by atoms with Crippen molar-refractivity contribution >= 4 is 46.0 Å². The minimum atomic E-state index is -0.176. The second kappa shape index (κ2) is 7.15. The molecule has 0 fully saturated rings. The van der Waals surface area contributed by atoms with Crippen LogP contribution in [0.2, 0.25) is 10.0 Å². The van der Waals surface area contributed by atoms with E-state index in [1.165, 1.54) is 18.0 Å². The Balaban J connectivity index is 1.79. The minimum absolute atomic E-state index is 0.176. The zero-order valence-electron chi connectivity index (χ0n) is 13.3. The number of halogens is 2. The molecule has 26 heavy (non-hydrogen) atoms. The van der Waals surface area contributed by atoms with Gasteiger partial charge in [0.25, 0.3) is 5.56 Å². The molecule has 0 atom stereocenters. The number of hydrogen-bond acceptors (Lipinski definition) is 4. The quantitative estimate of drug-likeness (QED) is 0.396. The molecule has 5 nitrogen and oxygen atoms in total. The standard InChI is InChI=1S/C18H12Cl2N4OS/c19-12-3-1-11(2-4-12)10-26-18-22-16-15(9-21-23-16)17(25)24(18)14-7-5-13(20)6-8-14/h1-9H,10H2,(H,21,23). The van der Waals surface area contributed by atoms with Crippen LogP contribution in [0, 0.1) is 0 Å². The van der Waals surface area contributed by atoms with Crippen LogP contribution in [0.4, 0.5) is 0 Å². The zero-order valence-corrected chi connectivity index (χ0v) is 15.6. The smallest absolute Gasteiger partial charge is 0.268 e. The highest BCUT2D eigenvalue weighted by atomic mass is 35.5. The first-order valence-electron chi connectivity index (χ1n) is 7.71. The summed E-state index contributed by atoms with van der Waals surface area (Å²) in [6.45, 7) is 0. The Morgan fingerprint density at radius 2 is 1.65 bits per heavy atom. The van der Waals surface area contributed by atoms with E-state index in [2.05, 4.69) is 15.2 Å². The van der Waals surface area contributed by atoms with Gasteiger partial charge in [0, 0.05) is 15.8 Å². The molecule has 4 aromatic rings. The lowest BCUT2D eigenvalue weighted by molar-refractivity contribution is 0.816. The summed E-state index contributed by atoms with van der Waals surface area (Å²) in [6.07, 6.45) is 1.49. The molecule has 4 rings (SSSR count). The minimum Gasteiger partial charge on any atom is -0.268 e. The average Bonchev–Trinajstić information content (AvgIpc) is 3.11. The summed E-state index contributed by atoms with van der Waals surface area (Å²) in [5.74, 6) is 0.650. The van der Waals surface area contributed by atoms with E-state index >= 15 is 0 Å². The van der Waals surface area contributed by atoms with Crippen LogP contribution in [0.25, 0.3) is 16.7 Å². The summed E-state index contributed by atoms with van der Waals surface area (Å²) in [6, 6.07) is 14.7. The Kier molecular flexibility index (Phi) is 4.72. The van der Waals surface area contributed by atoms with Gasteiger partial charge in [-0.2, -0.15) is 5.10 Å². The second-order valence-corrected chi connectivity index (χ2v) is 7.37. The van der Waals surface area contributed by atoms with Gasteiger partial charge in [0.05, 0.1) is 11.9 Å². The van der Waals surface area contributed by atoms with Crippen molar-refractivity contribution in [2.75, 3.05) is 0 Å². The third-order valence-electron chi connectivity index (χ3n) is 3.82. The molecule has 8 heteroatoms. The van der Waals surface area contributed by atoms with E-state index in [1.54, 1.807) is 28.8 Å². The molecule has 0 radical (unpaired) electrons. The van der Waals surface area contributed by atoms with Gasteiger partial charge >= 0.3 is 0 Å². The maximum Gasteiger partial charge on any atom is 0.269 e. The molecule has 0 aliphatic heterocycles. The summed E-state index contributed by atoms with van der Waals surface area (Å²) < 4.78 is 1.58. The molecule has 2 aromatic heterocycles. The first-order valence-corrected chi connectivity index (χ1v) is 9.45. The fourth-order valence-electron chi connectivity index (χ4n) is 2.52. The molecule has 0 amide bonds. The highest BCUT2D eigenvalue weighted by Gasteiger charge is 2.14. The van der Waals surface area contributed by atoms with E-state index in [4.69, 9.17) is 23.2 Å². The number of thioether (sulfide) groups is 1. The third-order valence-corrected chi connectivity index (χ3v) is 5.33. The molecule has 0 unspecified atom stereocenters. The van der Waals surface area contributed by atoms with Crippen LogP contribution < -0.4 is 5.56 Å². The summed E-state index contributed by atoms with van der Waals surface area (Å²) >= 11 is 13.4. The lowest BCUT2D eigenvalue weighted by atomic mass is 10.2. The van der Waals surface area contributed by atoms with Crippen molar-refractivity contribution in [3.8, 4) is 5.69 Å². The van der Waals surface area contributed by atoms with Crippen molar-refractivity contribution in [3.63, 3.8) is 0 Å². The molecule has 0 spiro atoms. The first kappa shape index (κ1) is 17.1. The largest absolute Gasteiger partial charge is 0.269 e. The van der Waals surface area contributed by atoms with E-state index in [0.29, 0.717) is 37.7 Å². The molecule has 0 saturated heterocycles. The van der Waals surface area contributed by atoms with Crippen molar-refractivity contribution < 1.29 is 0 Å². The Morgan fingerprint density at radius 1 is 1.00 bits per heavy atom. The van der Waals surface area contributed by atoms with Crippen molar-refractivity contribution in [2.45, 2.75) is 10.9 Å². The van der Waals surface area contributed by atoms with Crippen LogP contribution in [-0.2, 0) is 5.75 Å². The Hall–Kier alpha value is -2.28. The number of nitrogens with one attached hydrogen (secondary N) is 1. The molecule has 0 aliphatic carbocycles. The number of nitrogens with zero attached hydrogens (tertiary/aromatic N) is 3. The number of H-pyrrole nitrogens is 1. The molecule has 0 aliphatic rings. The number of aromatic nitrogens is 4. The Labute approximate surface area is 163 Å². The molecule has 130 valence electrons. The Morgan fingerprint density at radius 3 is 2.35 bits per heavy atom. The van der Waals surface area contributed by atoms with Crippen LogP contribution in [0.1, 0.15) is 5.56 Å². The van der Waals surface area contributed by atoms with Gasteiger partial charge in [-0.15, -0.1) is 0 Å². The Bertz CT molecular complexity index is 1120. The van der Waals surface area contributed by atoms with Crippen LogP contribution in [0.5, 0.6) is 0 Å². The maximum absolute atomic E-state index is 13.0. The number of aromatic amines is 1. The van der Waals surface area contributed by atoms with E-state index in [1.807, 2.05) is 24.3 Å². The molecule has 2 heterocycles. The van der Waals surface area contributed by atoms with Crippen LogP contribution >= 0.6 is 35.0 Å². The van der Waals surface area contributed by atoms with E-state index in [-0.39, 0.29) is 5.56 Å². The first-order chi connectivity index (χ1) is 12.6. The number of benzene rings is 2. The summed E-state index contributed by atoms with van der Waals surface area (Å²) in [4.78, 5) is 17.5. The highest BCUT2D eigenvalue weighted by molar-refractivity contribution is 7.98. The van der Waals surface area contributed by atoms with Gasteiger partial charge in [0.15, 0.2) is 10.8 Å². The fourth-order valence-corrected chi connectivity index (χ4v) is 3.73. The number of rotatable bonds is 4. The van der Waals surface area contributed by atoms with Gasteiger partial charge in [0.2, 0.25) is 0 Å². The second-order valence-electron chi connectivity index (χ2n) is 5.56. The van der Waals surface area contributed by atoms with Crippen molar-refractivity contribution in [1.82, 2.24) is 19.7 Å². The molecule has 1 N–H and O–H groups in total. The lowest BCUT2D eigenvalue weighted by Crippen LogP contribution is -2.21.